The van der Waals surface area contributed by atoms with Crippen LogP contribution in [0, 0.1) is 22.7 Å². The van der Waals surface area contributed by atoms with Gasteiger partial charge in [-0.3, -0.25) is 4.98 Å². The molecule has 2 nitrogen and oxygen atoms in total. The van der Waals surface area contributed by atoms with Crippen LogP contribution in [0.4, 0.5) is 0 Å². The zero-order chi connectivity index (χ0) is 13.0. The number of nitrogens with zero attached hydrogens (tertiary/aromatic N) is 1. The van der Waals surface area contributed by atoms with Gasteiger partial charge in [-0.05, 0) is 54.1 Å². The molecule has 2 heteroatoms. The van der Waals surface area contributed by atoms with E-state index in [4.69, 9.17) is 0 Å². The zero-order valence-corrected chi connectivity index (χ0v) is 11.6. The van der Waals surface area contributed by atoms with E-state index in [1.54, 1.807) is 0 Å². The quantitative estimate of drug-likeness (QED) is 0.868. The van der Waals surface area contributed by atoms with Crippen molar-refractivity contribution >= 4 is 0 Å². The van der Waals surface area contributed by atoms with Gasteiger partial charge in [0.2, 0.25) is 0 Å². The first-order valence-corrected chi connectivity index (χ1v) is 7.05. The molecule has 0 radical (unpaired) electrons. The molecule has 4 atom stereocenters. The molecule has 0 spiro atoms. The van der Waals surface area contributed by atoms with Crippen molar-refractivity contribution < 1.29 is 5.11 Å². The van der Waals surface area contributed by atoms with E-state index < -0.39 is 0 Å². The van der Waals surface area contributed by atoms with Gasteiger partial charge in [-0.2, -0.15) is 0 Å². The predicted octanol–water partition coefficient (Wildman–Crippen LogP) is 3.06. The highest BCUT2D eigenvalue weighted by Crippen LogP contribution is 2.67. The Labute approximate surface area is 109 Å². The molecule has 2 fully saturated rings. The lowest BCUT2D eigenvalue weighted by molar-refractivity contribution is -0.0104. The van der Waals surface area contributed by atoms with E-state index in [9.17, 15) is 5.11 Å². The van der Waals surface area contributed by atoms with Crippen molar-refractivity contribution in [1.82, 2.24) is 4.98 Å². The van der Waals surface area contributed by atoms with Gasteiger partial charge in [0, 0.05) is 11.9 Å². The highest BCUT2D eigenvalue weighted by atomic mass is 16.3. The minimum atomic E-state index is -0.173. The molecule has 1 N–H and O–H groups in total. The number of rotatable bonds is 2. The Bertz CT molecular complexity index is 442. The molecular weight excluding hydrogens is 222 g/mol. The largest absolute Gasteiger partial charge is 0.392 e. The normalized spacial score (nSPS) is 41.2. The number of pyridine rings is 1. The molecule has 1 heterocycles. The molecule has 2 saturated carbocycles. The fourth-order valence-electron chi connectivity index (χ4n) is 4.55. The molecule has 2 aliphatic rings. The minimum Gasteiger partial charge on any atom is -0.392 e. The van der Waals surface area contributed by atoms with E-state index >= 15 is 0 Å². The molecular formula is C16H23NO. The lowest BCUT2D eigenvalue weighted by Gasteiger charge is -2.37. The van der Waals surface area contributed by atoms with Crippen LogP contribution in [0.1, 0.15) is 39.3 Å². The van der Waals surface area contributed by atoms with E-state index in [0.29, 0.717) is 11.8 Å². The van der Waals surface area contributed by atoms with Gasteiger partial charge >= 0.3 is 0 Å². The second-order valence-electron chi connectivity index (χ2n) is 6.92. The molecule has 98 valence electrons. The lowest BCUT2D eigenvalue weighted by atomic mass is 9.70. The second kappa shape index (κ2) is 3.80. The first kappa shape index (κ1) is 12.2. The Balaban J connectivity index is 1.88. The van der Waals surface area contributed by atoms with Gasteiger partial charge in [0.15, 0.2) is 0 Å². The predicted molar refractivity (Wildman–Crippen MR) is 72.0 cm³/mol. The number of aliphatic hydroxyl groups excluding tert-OH is 1. The molecule has 0 aromatic carbocycles. The maximum absolute atomic E-state index is 10.7. The first-order valence-electron chi connectivity index (χ1n) is 7.05. The monoisotopic (exact) mass is 245 g/mol. The Hall–Kier alpha value is -0.890. The third-order valence-corrected chi connectivity index (χ3v) is 6.12. The molecule has 0 amide bonds. The number of hydrogen-bond acceptors (Lipinski definition) is 2. The Morgan fingerprint density at radius 2 is 2.11 bits per heavy atom. The Morgan fingerprint density at radius 1 is 1.33 bits per heavy atom. The SMILES string of the molecule is CC1(C)[C@@H]2CC[C@@]1(C)[C@H](O)[C@H]2Cc1ccccn1. The van der Waals surface area contributed by atoms with Crippen molar-refractivity contribution in [3.05, 3.63) is 30.1 Å². The minimum absolute atomic E-state index is 0.0944. The summed E-state index contributed by atoms with van der Waals surface area (Å²) < 4.78 is 0. The third kappa shape index (κ3) is 1.41. The first-order chi connectivity index (χ1) is 8.47. The van der Waals surface area contributed by atoms with Crippen LogP contribution in [0.15, 0.2) is 24.4 Å². The second-order valence-corrected chi connectivity index (χ2v) is 6.92. The van der Waals surface area contributed by atoms with E-state index in [2.05, 4.69) is 31.8 Å². The summed E-state index contributed by atoms with van der Waals surface area (Å²) in [6.45, 7) is 6.95. The van der Waals surface area contributed by atoms with Crippen molar-refractivity contribution in [3.8, 4) is 0 Å². The van der Waals surface area contributed by atoms with Gasteiger partial charge in [-0.25, -0.2) is 0 Å². The van der Waals surface area contributed by atoms with Crippen LogP contribution in [-0.2, 0) is 6.42 Å². The summed E-state index contributed by atoms with van der Waals surface area (Å²) in [6, 6.07) is 6.06. The molecule has 2 bridgehead atoms. The van der Waals surface area contributed by atoms with Crippen molar-refractivity contribution in [1.29, 1.82) is 0 Å². The van der Waals surface area contributed by atoms with Crippen LogP contribution in [0.3, 0.4) is 0 Å². The van der Waals surface area contributed by atoms with E-state index in [1.165, 1.54) is 12.8 Å². The van der Waals surface area contributed by atoms with Crippen LogP contribution in [0.2, 0.25) is 0 Å². The smallest absolute Gasteiger partial charge is 0.0633 e. The summed E-state index contributed by atoms with van der Waals surface area (Å²) in [5.74, 6) is 1.02. The third-order valence-electron chi connectivity index (χ3n) is 6.12. The maximum Gasteiger partial charge on any atom is 0.0633 e. The zero-order valence-electron chi connectivity index (χ0n) is 11.6. The van der Waals surface area contributed by atoms with Crippen molar-refractivity contribution in [2.75, 3.05) is 0 Å². The van der Waals surface area contributed by atoms with Crippen molar-refractivity contribution in [2.24, 2.45) is 22.7 Å². The van der Waals surface area contributed by atoms with Crippen LogP contribution < -0.4 is 0 Å². The topological polar surface area (TPSA) is 33.1 Å². The van der Waals surface area contributed by atoms with Gasteiger partial charge in [-0.1, -0.05) is 26.8 Å². The molecule has 1 aromatic heterocycles. The highest BCUT2D eigenvalue weighted by molar-refractivity contribution is 5.17. The van der Waals surface area contributed by atoms with Crippen LogP contribution >= 0.6 is 0 Å². The molecule has 0 saturated heterocycles. The van der Waals surface area contributed by atoms with E-state index in [-0.39, 0.29) is 16.9 Å². The fourth-order valence-corrected chi connectivity index (χ4v) is 4.55. The average Bonchev–Trinajstić information content (AvgIpc) is 2.65. The van der Waals surface area contributed by atoms with Gasteiger partial charge in [0.05, 0.1) is 6.10 Å². The number of hydrogen-bond donors (Lipinski definition) is 1. The molecule has 3 rings (SSSR count). The Morgan fingerprint density at radius 3 is 2.67 bits per heavy atom. The number of aliphatic hydroxyl groups is 1. The van der Waals surface area contributed by atoms with Crippen LogP contribution in [-0.4, -0.2) is 16.2 Å². The van der Waals surface area contributed by atoms with Crippen molar-refractivity contribution in [2.45, 2.75) is 46.1 Å². The fraction of sp³-hybridized carbons (Fsp3) is 0.688. The Kier molecular flexibility index (Phi) is 2.57. The summed E-state index contributed by atoms with van der Waals surface area (Å²) in [6.07, 6.45) is 5.03. The summed E-state index contributed by atoms with van der Waals surface area (Å²) in [4.78, 5) is 4.42. The van der Waals surface area contributed by atoms with E-state index in [1.807, 2.05) is 18.3 Å². The standard InChI is InChI=1S/C16H23NO/c1-15(2)13-7-8-16(15,3)14(18)12(13)10-11-6-4-5-9-17-11/h4-6,9,12-14,18H,7-8,10H2,1-3H3/t12-,13+,14+,16-/m0/s1. The van der Waals surface area contributed by atoms with Gasteiger partial charge in [0.25, 0.3) is 0 Å². The number of fused-ring (bicyclic) bond motifs is 2. The summed E-state index contributed by atoms with van der Waals surface area (Å²) >= 11 is 0. The maximum atomic E-state index is 10.7. The van der Waals surface area contributed by atoms with Crippen LogP contribution in [0.25, 0.3) is 0 Å². The summed E-state index contributed by atoms with van der Waals surface area (Å²) in [7, 11) is 0. The number of aromatic nitrogens is 1. The molecule has 0 aliphatic heterocycles. The van der Waals surface area contributed by atoms with Gasteiger partial charge < -0.3 is 5.11 Å². The van der Waals surface area contributed by atoms with Gasteiger partial charge in [-0.15, -0.1) is 0 Å². The van der Waals surface area contributed by atoms with E-state index in [0.717, 1.165) is 12.1 Å². The average molecular weight is 245 g/mol. The van der Waals surface area contributed by atoms with Crippen molar-refractivity contribution in [3.63, 3.8) is 0 Å². The summed E-state index contributed by atoms with van der Waals surface area (Å²) in [5, 5.41) is 10.7. The molecule has 1 aromatic rings. The molecule has 18 heavy (non-hydrogen) atoms. The molecule has 0 unspecified atom stereocenters. The summed E-state index contributed by atoms with van der Waals surface area (Å²) in [5.41, 5.74) is 1.47. The van der Waals surface area contributed by atoms with Gasteiger partial charge in [0.1, 0.15) is 0 Å². The highest BCUT2D eigenvalue weighted by Gasteiger charge is 2.65. The lowest BCUT2D eigenvalue weighted by Crippen LogP contribution is -2.38. The molecule has 2 aliphatic carbocycles. The van der Waals surface area contributed by atoms with Crippen LogP contribution in [0.5, 0.6) is 0 Å².